The summed E-state index contributed by atoms with van der Waals surface area (Å²) in [6.07, 6.45) is 4.86. The molecule has 7 heteroatoms. The molecule has 1 saturated heterocycles. The maximum Gasteiger partial charge on any atom is 0.296 e. The zero-order valence-corrected chi connectivity index (χ0v) is 18.5. The van der Waals surface area contributed by atoms with Gasteiger partial charge in [-0.25, -0.2) is 0 Å². The second-order valence-electron chi connectivity index (χ2n) is 8.27. The van der Waals surface area contributed by atoms with E-state index in [9.17, 15) is 14.7 Å². The van der Waals surface area contributed by atoms with Gasteiger partial charge in [0, 0.05) is 30.7 Å². The highest BCUT2D eigenvalue weighted by Crippen LogP contribution is 2.39. The van der Waals surface area contributed by atoms with E-state index < -0.39 is 17.7 Å². The fourth-order valence-corrected chi connectivity index (χ4v) is 3.70. The van der Waals surface area contributed by atoms with E-state index >= 15 is 0 Å². The highest BCUT2D eigenvalue weighted by atomic mass is 16.5. The first-order chi connectivity index (χ1) is 16.0. The van der Waals surface area contributed by atoms with Gasteiger partial charge in [-0.05, 0) is 60.0 Å². The number of amides is 1. The average Bonchev–Trinajstić information content (AvgIpc) is 3.09. The summed E-state index contributed by atoms with van der Waals surface area (Å²) in [6.45, 7) is 4.88. The number of hydrogen-bond donors (Lipinski definition) is 1. The van der Waals surface area contributed by atoms with Gasteiger partial charge in [-0.3, -0.25) is 19.6 Å². The summed E-state index contributed by atoms with van der Waals surface area (Å²) < 4.78 is 5.70. The Morgan fingerprint density at radius 3 is 2.39 bits per heavy atom. The highest BCUT2D eigenvalue weighted by Gasteiger charge is 2.46. The number of carbonyl (C=O) groups excluding carboxylic acids is 2. The minimum Gasteiger partial charge on any atom is -0.507 e. The van der Waals surface area contributed by atoms with Gasteiger partial charge < -0.3 is 14.7 Å². The van der Waals surface area contributed by atoms with E-state index in [1.54, 1.807) is 73.2 Å². The van der Waals surface area contributed by atoms with Crippen molar-refractivity contribution in [2.75, 3.05) is 6.61 Å². The van der Waals surface area contributed by atoms with E-state index in [1.807, 2.05) is 0 Å². The molecule has 1 fully saturated rings. The van der Waals surface area contributed by atoms with E-state index in [1.165, 1.54) is 4.90 Å². The molecule has 2 aromatic heterocycles. The van der Waals surface area contributed by atoms with Crippen molar-refractivity contribution in [3.8, 4) is 5.75 Å². The monoisotopic (exact) mass is 443 g/mol. The van der Waals surface area contributed by atoms with E-state index in [0.717, 1.165) is 5.56 Å². The van der Waals surface area contributed by atoms with Crippen molar-refractivity contribution in [1.29, 1.82) is 0 Å². The number of ketones is 1. The molecule has 7 nitrogen and oxygen atoms in total. The minimum atomic E-state index is -0.809. The van der Waals surface area contributed by atoms with Gasteiger partial charge in [-0.15, -0.1) is 0 Å². The molecule has 1 aliphatic heterocycles. The summed E-state index contributed by atoms with van der Waals surface area (Å²) in [7, 11) is 0. The van der Waals surface area contributed by atoms with Crippen LogP contribution in [0.3, 0.4) is 0 Å². The number of likely N-dealkylation sites (tertiary alicyclic amines) is 1. The Kier molecular flexibility index (Phi) is 6.49. The Hall–Kier alpha value is -4.00. The smallest absolute Gasteiger partial charge is 0.296 e. The Bertz CT molecular complexity index is 1160. The quantitative estimate of drug-likeness (QED) is 0.335. The van der Waals surface area contributed by atoms with Crippen LogP contribution < -0.4 is 4.74 Å². The summed E-state index contributed by atoms with van der Waals surface area (Å²) >= 11 is 0. The first kappa shape index (κ1) is 22.2. The van der Waals surface area contributed by atoms with Crippen LogP contribution in [0.15, 0.2) is 78.8 Å². The van der Waals surface area contributed by atoms with Crippen molar-refractivity contribution >= 4 is 17.4 Å². The van der Waals surface area contributed by atoms with Crippen LogP contribution in [0.25, 0.3) is 5.76 Å². The molecule has 0 saturated carbocycles. The second-order valence-corrected chi connectivity index (χ2v) is 8.27. The van der Waals surface area contributed by atoms with Crippen LogP contribution in [0, 0.1) is 5.92 Å². The van der Waals surface area contributed by atoms with Crippen LogP contribution in [-0.4, -0.2) is 38.3 Å². The number of nitrogens with zero attached hydrogens (tertiary/aromatic N) is 3. The summed E-state index contributed by atoms with van der Waals surface area (Å²) in [5.41, 5.74) is 1.77. The number of aliphatic hydroxyl groups is 1. The van der Waals surface area contributed by atoms with Crippen LogP contribution in [-0.2, 0) is 16.1 Å². The van der Waals surface area contributed by atoms with Gasteiger partial charge in [-0.1, -0.05) is 19.9 Å². The fraction of sp³-hybridized carbons (Fsp3) is 0.231. The van der Waals surface area contributed by atoms with Gasteiger partial charge in [0.25, 0.3) is 11.7 Å². The summed E-state index contributed by atoms with van der Waals surface area (Å²) in [5, 5.41) is 11.1. The lowest BCUT2D eigenvalue weighted by Gasteiger charge is -2.24. The van der Waals surface area contributed by atoms with Crippen LogP contribution in [0.1, 0.15) is 36.7 Å². The molecule has 1 aliphatic rings. The third kappa shape index (κ3) is 4.77. The molecule has 168 valence electrons. The maximum absolute atomic E-state index is 13.1. The zero-order valence-electron chi connectivity index (χ0n) is 18.5. The lowest BCUT2D eigenvalue weighted by Crippen LogP contribution is -2.29. The SMILES string of the molecule is CC(C)COc1ccc(/C(O)=C2/C(=O)C(=O)N(Cc3ccncc3)C2c2ccccn2)cc1. The summed E-state index contributed by atoms with van der Waals surface area (Å²) in [5.74, 6) is -0.609. The molecular formula is C26H25N3O4. The van der Waals surface area contributed by atoms with Gasteiger partial charge in [0.05, 0.1) is 17.9 Å². The third-order valence-electron chi connectivity index (χ3n) is 5.32. The average molecular weight is 444 g/mol. The van der Waals surface area contributed by atoms with E-state index in [-0.39, 0.29) is 17.9 Å². The van der Waals surface area contributed by atoms with Crippen molar-refractivity contribution in [1.82, 2.24) is 14.9 Å². The lowest BCUT2D eigenvalue weighted by atomic mass is 9.98. The van der Waals surface area contributed by atoms with Crippen molar-refractivity contribution < 1.29 is 19.4 Å². The van der Waals surface area contributed by atoms with Crippen molar-refractivity contribution in [2.45, 2.75) is 26.4 Å². The second kappa shape index (κ2) is 9.65. The standard InChI is InChI=1S/C26H25N3O4/c1-17(2)16-33-20-8-6-19(7-9-20)24(30)22-23(21-5-3-4-12-28-21)29(26(32)25(22)31)15-18-10-13-27-14-11-18/h3-14,17,23,30H,15-16H2,1-2H3/b24-22-. The molecule has 1 amide bonds. The Morgan fingerprint density at radius 2 is 1.76 bits per heavy atom. The van der Waals surface area contributed by atoms with Crippen molar-refractivity contribution in [2.24, 2.45) is 5.92 Å². The Balaban J connectivity index is 1.74. The predicted octanol–water partition coefficient (Wildman–Crippen LogP) is 4.13. The predicted molar refractivity (Wildman–Crippen MR) is 123 cm³/mol. The fourth-order valence-electron chi connectivity index (χ4n) is 3.70. The molecular weight excluding hydrogens is 418 g/mol. The molecule has 0 aliphatic carbocycles. The van der Waals surface area contributed by atoms with Gasteiger partial charge in [-0.2, -0.15) is 0 Å². The Morgan fingerprint density at radius 1 is 1.03 bits per heavy atom. The number of rotatable bonds is 7. The van der Waals surface area contributed by atoms with Crippen LogP contribution in [0.5, 0.6) is 5.75 Å². The number of hydrogen-bond acceptors (Lipinski definition) is 6. The van der Waals surface area contributed by atoms with Gasteiger partial charge in [0.2, 0.25) is 0 Å². The van der Waals surface area contributed by atoms with Crippen LogP contribution in [0.2, 0.25) is 0 Å². The zero-order chi connectivity index (χ0) is 23.4. The number of ether oxygens (including phenoxy) is 1. The third-order valence-corrected chi connectivity index (χ3v) is 5.32. The van der Waals surface area contributed by atoms with Gasteiger partial charge in [0.1, 0.15) is 17.6 Å². The number of aliphatic hydroxyl groups excluding tert-OH is 1. The van der Waals surface area contributed by atoms with Crippen molar-refractivity contribution in [3.05, 3.63) is 95.6 Å². The summed E-state index contributed by atoms with van der Waals surface area (Å²) in [6, 6.07) is 14.9. The molecule has 0 bridgehead atoms. The number of carbonyl (C=O) groups is 2. The van der Waals surface area contributed by atoms with E-state index in [2.05, 4.69) is 23.8 Å². The molecule has 4 rings (SSSR count). The van der Waals surface area contributed by atoms with Gasteiger partial charge >= 0.3 is 0 Å². The van der Waals surface area contributed by atoms with Gasteiger partial charge in [0.15, 0.2) is 0 Å². The molecule has 33 heavy (non-hydrogen) atoms. The van der Waals surface area contributed by atoms with E-state index in [4.69, 9.17) is 4.74 Å². The molecule has 1 unspecified atom stereocenters. The molecule has 3 heterocycles. The first-order valence-electron chi connectivity index (χ1n) is 10.8. The highest BCUT2D eigenvalue weighted by molar-refractivity contribution is 6.46. The molecule has 0 radical (unpaired) electrons. The summed E-state index contributed by atoms with van der Waals surface area (Å²) in [4.78, 5) is 35.9. The minimum absolute atomic E-state index is 0.0172. The van der Waals surface area contributed by atoms with Crippen molar-refractivity contribution in [3.63, 3.8) is 0 Å². The molecule has 1 atom stereocenters. The topological polar surface area (TPSA) is 92.6 Å². The molecule has 0 spiro atoms. The number of Topliss-reactive ketones (excluding diaryl/α,β-unsaturated/α-hetero) is 1. The number of aromatic nitrogens is 2. The maximum atomic E-state index is 13.1. The molecule has 1 aromatic carbocycles. The normalized spacial score (nSPS) is 17.5. The van der Waals surface area contributed by atoms with E-state index in [0.29, 0.717) is 29.5 Å². The Labute approximate surface area is 192 Å². The lowest BCUT2D eigenvalue weighted by molar-refractivity contribution is -0.140. The number of benzene rings is 1. The largest absolute Gasteiger partial charge is 0.507 e. The molecule has 1 N–H and O–H groups in total. The molecule has 3 aromatic rings. The van der Waals surface area contributed by atoms with Crippen LogP contribution in [0.4, 0.5) is 0 Å². The number of pyridine rings is 2. The van der Waals surface area contributed by atoms with Crippen LogP contribution >= 0.6 is 0 Å². The first-order valence-corrected chi connectivity index (χ1v) is 10.8.